The molecule has 2 heteroatoms. The Morgan fingerprint density at radius 1 is 0.455 bits per heavy atom. The highest BCUT2D eigenvalue weighted by Gasteiger charge is 2.38. The van der Waals surface area contributed by atoms with E-state index < -0.39 is 0 Å². The first-order chi connectivity index (χ1) is 26.3. The standard InChI is InChI=1S/C53H49NO/c1-51(2,3)36-23-29-39(30-24-36)54(40-31-25-37(26-32-40)52(4,5)6)38-27-21-35(22-28-38)41-18-14-19-43-47-44(34-15-10-9-11-16-34)33-46-48(50(47)55-49(41)43)42-17-12-13-20-45(42)53(46,7)8/h9-33H,1-8H3. The summed E-state index contributed by atoms with van der Waals surface area (Å²) in [6, 6.07) is 55.7. The average molecular weight is 716 g/mol. The van der Waals surface area contributed by atoms with E-state index in [-0.39, 0.29) is 16.2 Å². The second kappa shape index (κ2) is 12.6. The Balaban J connectivity index is 1.20. The van der Waals surface area contributed by atoms with Gasteiger partial charge in [-0.25, -0.2) is 0 Å². The van der Waals surface area contributed by atoms with Gasteiger partial charge in [-0.3, -0.25) is 0 Å². The zero-order valence-electron chi connectivity index (χ0n) is 33.3. The van der Waals surface area contributed by atoms with Crippen LogP contribution >= 0.6 is 0 Å². The van der Waals surface area contributed by atoms with Crippen LogP contribution in [0, 0.1) is 0 Å². The van der Waals surface area contributed by atoms with Crippen LogP contribution in [-0.2, 0) is 16.2 Å². The van der Waals surface area contributed by atoms with Crippen LogP contribution in [0.25, 0.3) is 55.3 Å². The fourth-order valence-corrected chi connectivity index (χ4v) is 8.66. The van der Waals surface area contributed by atoms with Crippen molar-refractivity contribution in [1.82, 2.24) is 0 Å². The highest BCUT2D eigenvalue weighted by Crippen LogP contribution is 2.55. The van der Waals surface area contributed by atoms with Crippen molar-refractivity contribution in [3.8, 4) is 33.4 Å². The average Bonchev–Trinajstić information content (AvgIpc) is 3.68. The number of rotatable bonds is 5. The summed E-state index contributed by atoms with van der Waals surface area (Å²) in [5.41, 5.74) is 17.7. The highest BCUT2D eigenvalue weighted by atomic mass is 16.3. The molecule has 0 radical (unpaired) electrons. The molecule has 0 amide bonds. The summed E-state index contributed by atoms with van der Waals surface area (Å²) in [6.07, 6.45) is 0. The topological polar surface area (TPSA) is 16.4 Å². The fraction of sp³-hybridized carbons (Fsp3) is 0.208. The van der Waals surface area contributed by atoms with Crippen LogP contribution in [0.3, 0.4) is 0 Å². The minimum Gasteiger partial charge on any atom is -0.455 e. The van der Waals surface area contributed by atoms with Crippen molar-refractivity contribution >= 4 is 39.0 Å². The van der Waals surface area contributed by atoms with Gasteiger partial charge in [-0.1, -0.05) is 165 Å². The maximum atomic E-state index is 7.18. The van der Waals surface area contributed by atoms with Crippen LogP contribution in [0.1, 0.15) is 77.6 Å². The lowest BCUT2D eigenvalue weighted by atomic mass is 9.81. The molecule has 1 aromatic heterocycles. The summed E-state index contributed by atoms with van der Waals surface area (Å²) in [7, 11) is 0. The first-order valence-corrected chi connectivity index (χ1v) is 19.6. The van der Waals surface area contributed by atoms with E-state index in [1.807, 2.05) is 0 Å². The van der Waals surface area contributed by atoms with Crippen molar-refractivity contribution in [1.29, 1.82) is 0 Å². The zero-order valence-corrected chi connectivity index (χ0v) is 33.3. The Morgan fingerprint density at radius 2 is 0.964 bits per heavy atom. The third-order valence-corrected chi connectivity index (χ3v) is 11.8. The molecule has 0 bridgehead atoms. The quantitative estimate of drug-likeness (QED) is 0.176. The molecule has 0 fully saturated rings. The summed E-state index contributed by atoms with van der Waals surface area (Å²) >= 11 is 0. The van der Waals surface area contributed by atoms with E-state index in [0.717, 1.165) is 44.7 Å². The van der Waals surface area contributed by atoms with Gasteiger partial charge in [0.05, 0.1) is 0 Å². The molecule has 9 rings (SSSR count). The number of para-hydroxylation sites is 1. The van der Waals surface area contributed by atoms with Crippen LogP contribution in [0.15, 0.2) is 156 Å². The largest absolute Gasteiger partial charge is 0.455 e. The lowest BCUT2D eigenvalue weighted by Crippen LogP contribution is -2.15. The molecule has 1 heterocycles. The van der Waals surface area contributed by atoms with Gasteiger partial charge >= 0.3 is 0 Å². The molecule has 0 saturated carbocycles. The number of hydrogen-bond donors (Lipinski definition) is 0. The predicted molar refractivity (Wildman–Crippen MR) is 234 cm³/mol. The number of benzene rings is 7. The smallest absolute Gasteiger partial charge is 0.144 e. The van der Waals surface area contributed by atoms with Gasteiger partial charge < -0.3 is 9.32 Å². The Hall–Kier alpha value is -5.86. The number of hydrogen-bond acceptors (Lipinski definition) is 2. The van der Waals surface area contributed by atoms with Crippen LogP contribution < -0.4 is 4.90 Å². The van der Waals surface area contributed by atoms with Gasteiger partial charge in [0.1, 0.15) is 11.2 Å². The minimum absolute atomic E-state index is 0.0819. The summed E-state index contributed by atoms with van der Waals surface area (Å²) in [4.78, 5) is 2.36. The van der Waals surface area contributed by atoms with Gasteiger partial charge in [0.25, 0.3) is 0 Å². The number of fused-ring (bicyclic) bond motifs is 7. The van der Waals surface area contributed by atoms with Gasteiger partial charge in [0.15, 0.2) is 0 Å². The molecule has 8 aromatic rings. The number of anilines is 3. The van der Waals surface area contributed by atoms with Gasteiger partial charge in [-0.15, -0.1) is 0 Å². The van der Waals surface area contributed by atoms with Crippen LogP contribution in [-0.4, -0.2) is 0 Å². The highest BCUT2D eigenvalue weighted by molar-refractivity contribution is 6.20. The third-order valence-electron chi connectivity index (χ3n) is 11.8. The molecule has 1 aliphatic carbocycles. The molecule has 272 valence electrons. The van der Waals surface area contributed by atoms with Gasteiger partial charge in [0, 0.05) is 44.4 Å². The van der Waals surface area contributed by atoms with E-state index in [4.69, 9.17) is 4.42 Å². The summed E-state index contributed by atoms with van der Waals surface area (Å²) in [5.74, 6) is 0. The Labute approximate surface area is 326 Å². The molecule has 0 unspecified atom stereocenters. The number of furan rings is 1. The second-order valence-corrected chi connectivity index (χ2v) is 17.8. The van der Waals surface area contributed by atoms with Crippen molar-refractivity contribution in [3.05, 3.63) is 174 Å². The number of nitrogens with zero attached hydrogens (tertiary/aromatic N) is 1. The maximum Gasteiger partial charge on any atom is 0.144 e. The first-order valence-electron chi connectivity index (χ1n) is 19.6. The molecule has 0 spiro atoms. The first kappa shape index (κ1) is 34.9. The molecular weight excluding hydrogens is 667 g/mol. The zero-order chi connectivity index (χ0) is 38.3. The molecule has 0 saturated heterocycles. The van der Waals surface area contributed by atoms with E-state index in [0.29, 0.717) is 0 Å². The lowest BCUT2D eigenvalue weighted by Gasteiger charge is -2.28. The molecule has 0 N–H and O–H groups in total. The molecular formula is C53H49NO. The molecule has 7 aromatic carbocycles. The van der Waals surface area contributed by atoms with Crippen LogP contribution in [0.5, 0.6) is 0 Å². The Kier molecular flexibility index (Phi) is 7.99. The fourth-order valence-electron chi connectivity index (χ4n) is 8.66. The van der Waals surface area contributed by atoms with E-state index in [9.17, 15) is 0 Å². The van der Waals surface area contributed by atoms with Crippen molar-refractivity contribution < 1.29 is 4.42 Å². The second-order valence-electron chi connectivity index (χ2n) is 17.8. The Morgan fingerprint density at radius 3 is 1.55 bits per heavy atom. The molecule has 55 heavy (non-hydrogen) atoms. The molecule has 0 aliphatic heterocycles. The third kappa shape index (κ3) is 5.78. The lowest BCUT2D eigenvalue weighted by molar-refractivity contribution is 0.590. The molecule has 0 atom stereocenters. The van der Waals surface area contributed by atoms with Crippen molar-refractivity contribution in [2.24, 2.45) is 0 Å². The van der Waals surface area contributed by atoms with Crippen molar-refractivity contribution in [3.63, 3.8) is 0 Å². The van der Waals surface area contributed by atoms with Gasteiger partial charge in [0.2, 0.25) is 0 Å². The maximum absolute atomic E-state index is 7.18. The van der Waals surface area contributed by atoms with Crippen molar-refractivity contribution in [2.45, 2.75) is 71.6 Å². The van der Waals surface area contributed by atoms with Crippen molar-refractivity contribution in [2.75, 3.05) is 4.90 Å². The summed E-state index contributed by atoms with van der Waals surface area (Å²) in [5, 5.41) is 2.31. The van der Waals surface area contributed by atoms with E-state index in [2.05, 4.69) is 212 Å². The van der Waals surface area contributed by atoms with E-state index >= 15 is 0 Å². The predicted octanol–water partition coefficient (Wildman–Crippen LogP) is 15.3. The molecule has 1 aliphatic rings. The summed E-state index contributed by atoms with van der Waals surface area (Å²) < 4.78 is 7.18. The van der Waals surface area contributed by atoms with Crippen LogP contribution in [0.2, 0.25) is 0 Å². The van der Waals surface area contributed by atoms with Crippen LogP contribution in [0.4, 0.5) is 17.1 Å². The Bertz CT molecular complexity index is 2640. The van der Waals surface area contributed by atoms with Gasteiger partial charge in [-0.2, -0.15) is 0 Å². The SMILES string of the molecule is CC(C)(C)c1ccc(N(c2ccc(-c3cccc4c3oc3c5c(cc(-c6ccccc6)c34)C(C)(C)c3ccccc3-5)cc2)c2ccc(C(C)(C)C)cc2)cc1. The van der Waals surface area contributed by atoms with E-state index in [1.54, 1.807) is 0 Å². The monoisotopic (exact) mass is 715 g/mol. The van der Waals surface area contributed by atoms with E-state index in [1.165, 1.54) is 49.9 Å². The molecule has 2 nitrogen and oxygen atoms in total. The summed E-state index contributed by atoms with van der Waals surface area (Å²) in [6.45, 7) is 18.3. The minimum atomic E-state index is -0.146. The normalized spacial score (nSPS) is 13.6. The van der Waals surface area contributed by atoms with Gasteiger partial charge in [-0.05, 0) is 97.8 Å².